The van der Waals surface area contributed by atoms with Gasteiger partial charge in [-0.05, 0) is 31.5 Å². The lowest BCUT2D eigenvalue weighted by atomic mass is 10.00. The standard InChI is InChI=1S/C15H12F3NO/c1-9-3-5-12(10(2)7-9)14(20)13-6-4-11(8-19-13)15(16,17)18/h3-8H,1-2H3. The van der Waals surface area contributed by atoms with Crippen LogP contribution in [0.3, 0.4) is 0 Å². The molecule has 0 N–H and O–H groups in total. The summed E-state index contributed by atoms with van der Waals surface area (Å²) in [7, 11) is 0. The van der Waals surface area contributed by atoms with Crippen molar-refractivity contribution >= 4 is 5.78 Å². The van der Waals surface area contributed by atoms with Crippen LogP contribution in [0.15, 0.2) is 36.5 Å². The van der Waals surface area contributed by atoms with Gasteiger partial charge in [-0.3, -0.25) is 9.78 Å². The fourth-order valence-corrected chi connectivity index (χ4v) is 1.90. The number of halogens is 3. The number of hydrogen-bond acceptors (Lipinski definition) is 2. The van der Waals surface area contributed by atoms with E-state index < -0.39 is 11.7 Å². The van der Waals surface area contributed by atoms with Crippen LogP contribution in [0, 0.1) is 13.8 Å². The first-order valence-electron chi connectivity index (χ1n) is 5.94. The smallest absolute Gasteiger partial charge is 0.287 e. The first-order chi connectivity index (χ1) is 9.29. The zero-order valence-corrected chi connectivity index (χ0v) is 11.0. The summed E-state index contributed by atoms with van der Waals surface area (Å²) < 4.78 is 37.3. The maximum absolute atomic E-state index is 12.4. The lowest BCUT2D eigenvalue weighted by Crippen LogP contribution is -2.09. The molecule has 2 rings (SSSR count). The summed E-state index contributed by atoms with van der Waals surface area (Å²) >= 11 is 0. The lowest BCUT2D eigenvalue weighted by Gasteiger charge is -2.08. The van der Waals surface area contributed by atoms with Crippen molar-refractivity contribution in [2.75, 3.05) is 0 Å². The number of carbonyl (C=O) groups excluding carboxylic acids is 1. The van der Waals surface area contributed by atoms with Gasteiger partial charge in [-0.2, -0.15) is 13.2 Å². The van der Waals surface area contributed by atoms with E-state index in [2.05, 4.69) is 4.98 Å². The van der Waals surface area contributed by atoms with Crippen molar-refractivity contribution in [3.05, 3.63) is 64.5 Å². The van der Waals surface area contributed by atoms with E-state index in [4.69, 9.17) is 0 Å². The van der Waals surface area contributed by atoms with Crippen LogP contribution in [0.2, 0.25) is 0 Å². The number of pyridine rings is 1. The number of rotatable bonds is 2. The summed E-state index contributed by atoms with van der Waals surface area (Å²) in [5.74, 6) is -0.378. The normalized spacial score (nSPS) is 11.4. The summed E-state index contributed by atoms with van der Waals surface area (Å²) in [6.45, 7) is 3.68. The van der Waals surface area contributed by atoms with Crippen LogP contribution in [0.1, 0.15) is 32.7 Å². The first kappa shape index (κ1) is 14.2. The number of nitrogens with zero attached hydrogens (tertiary/aromatic N) is 1. The molecule has 0 fully saturated rings. The third-order valence-corrected chi connectivity index (χ3v) is 2.95. The fraction of sp³-hybridized carbons (Fsp3) is 0.200. The van der Waals surface area contributed by atoms with Crippen LogP contribution in [0.25, 0.3) is 0 Å². The molecule has 0 saturated heterocycles. The predicted octanol–water partition coefficient (Wildman–Crippen LogP) is 3.95. The van der Waals surface area contributed by atoms with Crippen molar-refractivity contribution < 1.29 is 18.0 Å². The highest BCUT2D eigenvalue weighted by atomic mass is 19.4. The van der Waals surface area contributed by atoms with Crippen LogP contribution in [-0.4, -0.2) is 10.8 Å². The predicted molar refractivity (Wildman–Crippen MR) is 68.6 cm³/mol. The van der Waals surface area contributed by atoms with Crippen molar-refractivity contribution in [2.45, 2.75) is 20.0 Å². The molecular formula is C15H12F3NO. The zero-order valence-electron chi connectivity index (χ0n) is 11.0. The Morgan fingerprint density at radius 1 is 1.10 bits per heavy atom. The Morgan fingerprint density at radius 2 is 1.80 bits per heavy atom. The van der Waals surface area contributed by atoms with Crippen molar-refractivity contribution in [1.82, 2.24) is 4.98 Å². The number of carbonyl (C=O) groups is 1. The number of ketones is 1. The molecule has 0 aliphatic carbocycles. The van der Waals surface area contributed by atoms with E-state index in [1.165, 1.54) is 0 Å². The Hall–Kier alpha value is -2.17. The average molecular weight is 279 g/mol. The molecule has 0 radical (unpaired) electrons. The first-order valence-corrected chi connectivity index (χ1v) is 5.94. The molecule has 20 heavy (non-hydrogen) atoms. The minimum atomic E-state index is -4.45. The van der Waals surface area contributed by atoms with Crippen LogP contribution in [-0.2, 0) is 6.18 Å². The van der Waals surface area contributed by atoms with Crippen molar-refractivity contribution in [2.24, 2.45) is 0 Å². The molecule has 1 heterocycles. The molecule has 0 unspecified atom stereocenters. The lowest BCUT2D eigenvalue weighted by molar-refractivity contribution is -0.137. The summed E-state index contributed by atoms with van der Waals surface area (Å²) in [5.41, 5.74) is 1.37. The van der Waals surface area contributed by atoms with Gasteiger partial charge in [0.1, 0.15) is 5.69 Å². The Kier molecular flexibility index (Phi) is 3.61. The molecule has 0 spiro atoms. The van der Waals surface area contributed by atoms with Gasteiger partial charge in [0.05, 0.1) is 5.56 Å². The number of hydrogen-bond donors (Lipinski definition) is 0. The van der Waals surface area contributed by atoms with Crippen molar-refractivity contribution in [3.63, 3.8) is 0 Å². The van der Waals surface area contributed by atoms with E-state index >= 15 is 0 Å². The largest absolute Gasteiger partial charge is 0.417 e. The van der Waals surface area contributed by atoms with Gasteiger partial charge in [0.2, 0.25) is 5.78 Å². The molecule has 0 amide bonds. The maximum Gasteiger partial charge on any atom is 0.417 e. The number of aromatic nitrogens is 1. The molecule has 5 heteroatoms. The minimum absolute atomic E-state index is 0.00459. The Labute approximate surface area is 114 Å². The SMILES string of the molecule is Cc1ccc(C(=O)c2ccc(C(F)(F)F)cn2)c(C)c1. The highest BCUT2D eigenvalue weighted by Gasteiger charge is 2.31. The molecule has 2 nitrogen and oxygen atoms in total. The van der Waals surface area contributed by atoms with Gasteiger partial charge >= 0.3 is 6.18 Å². The van der Waals surface area contributed by atoms with Crippen molar-refractivity contribution in [1.29, 1.82) is 0 Å². The van der Waals surface area contributed by atoms with Crippen molar-refractivity contribution in [3.8, 4) is 0 Å². The van der Waals surface area contributed by atoms with Gasteiger partial charge < -0.3 is 0 Å². The van der Waals surface area contributed by atoms with E-state index in [9.17, 15) is 18.0 Å². The second-order valence-electron chi connectivity index (χ2n) is 4.58. The number of aryl methyl sites for hydroxylation is 2. The zero-order chi connectivity index (χ0) is 14.9. The van der Waals surface area contributed by atoms with E-state index in [1.54, 1.807) is 19.1 Å². The van der Waals surface area contributed by atoms with E-state index in [1.807, 2.05) is 13.0 Å². The van der Waals surface area contributed by atoms with E-state index in [0.717, 1.165) is 23.3 Å². The topological polar surface area (TPSA) is 30.0 Å². The van der Waals surface area contributed by atoms with Crippen LogP contribution in [0.5, 0.6) is 0 Å². The molecular weight excluding hydrogens is 267 g/mol. The molecule has 0 atom stereocenters. The van der Waals surface area contributed by atoms with Gasteiger partial charge in [-0.25, -0.2) is 0 Å². The van der Waals surface area contributed by atoms with Gasteiger partial charge in [0.25, 0.3) is 0 Å². The third kappa shape index (κ3) is 2.87. The van der Waals surface area contributed by atoms with Gasteiger partial charge in [0, 0.05) is 11.8 Å². The Balaban J connectivity index is 2.34. The molecule has 2 aromatic rings. The van der Waals surface area contributed by atoms with Gasteiger partial charge in [-0.1, -0.05) is 23.8 Å². The Morgan fingerprint density at radius 3 is 2.30 bits per heavy atom. The van der Waals surface area contributed by atoms with E-state index in [-0.39, 0.29) is 11.5 Å². The second kappa shape index (κ2) is 5.07. The fourth-order valence-electron chi connectivity index (χ4n) is 1.90. The summed E-state index contributed by atoms with van der Waals surface area (Å²) in [4.78, 5) is 15.8. The minimum Gasteiger partial charge on any atom is -0.287 e. The monoisotopic (exact) mass is 279 g/mol. The molecule has 104 valence electrons. The summed E-state index contributed by atoms with van der Waals surface area (Å²) in [5, 5.41) is 0. The molecule has 1 aromatic heterocycles. The quantitative estimate of drug-likeness (QED) is 0.779. The van der Waals surface area contributed by atoms with Crippen LogP contribution in [0.4, 0.5) is 13.2 Å². The van der Waals surface area contributed by atoms with E-state index in [0.29, 0.717) is 11.8 Å². The highest BCUT2D eigenvalue weighted by molar-refractivity contribution is 6.08. The van der Waals surface area contributed by atoms with Gasteiger partial charge in [0.15, 0.2) is 0 Å². The number of benzene rings is 1. The molecule has 1 aromatic carbocycles. The summed E-state index contributed by atoms with van der Waals surface area (Å²) in [6.07, 6.45) is -3.77. The van der Waals surface area contributed by atoms with Crippen LogP contribution < -0.4 is 0 Å². The molecule has 0 bridgehead atoms. The average Bonchev–Trinajstić information content (AvgIpc) is 2.37. The maximum atomic E-state index is 12.4. The second-order valence-corrected chi connectivity index (χ2v) is 4.58. The summed E-state index contributed by atoms with van der Waals surface area (Å²) in [6, 6.07) is 7.25. The molecule has 0 aliphatic heterocycles. The van der Waals surface area contributed by atoms with Gasteiger partial charge in [-0.15, -0.1) is 0 Å². The highest BCUT2D eigenvalue weighted by Crippen LogP contribution is 2.28. The molecule has 0 saturated carbocycles. The number of alkyl halides is 3. The third-order valence-electron chi connectivity index (χ3n) is 2.95. The Bertz CT molecular complexity index is 645. The molecule has 0 aliphatic rings. The van der Waals surface area contributed by atoms with Crippen LogP contribution >= 0.6 is 0 Å².